The monoisotopic (exact) mass is 387 g/mol. The number of hydrogen-bond donors (Lipinski definition) is 2. The van der Waals surface area contributed by atoms with E-state index >= 15 is 0 Å². The topological polar surface area (TPSA) is 54.0 Å². The van der Waals surface area contributed by atoms with Crippen LogP contribution in [0.4, 0.5) is 10.1 Å². The lowest BCUT2D eigenvalue weighted by molar-refractivity contribution is 0.102. The van der Waals surface area contributed by atoms with Crippen molar-refractivity contribution in [3.05, 3.63) is 41.6 Å². The SMILES string of the molecule is CC(C)c1ccccc1C(=O)Nc1ncc(NI)s1. The van der Waals surface area contributed by atoms with Crippen LogP contribution >= 0.6 is 34.2 Å². The molecule has 0 aliphatic rings. The molecule has 0 radical (unpaired) electrons. The van der Waals surface area contributed by atoms with Crippen LogP contribution in [0.25, 0.3) is 0 Å². The molecule has 0 unspecified atom stereocenters. The highest BCUT2D eigenvalue weighted by Gasteiger charge is 2.14. The van der Waals surface area contributed by atoms with Gasteiger partial charge in [-0.05, 0) is 17.5 Å². The molecule has 0 atom stereocenters. The number of nitrogens with zero attached hydrogens (tertiary/aromatic N) is 1. The van der Waals surface area contributed by atoms with Gasteiger partial charge in [0.25, 0.3) is 5.91 Å². The fourth-order valence-corrected chi connectivity index (χ4v) is 2.82. The van der Waals surface area contributed by atoms with Crippen LogP contribution in [0.2, 0.25) is 0 Å². The van der Waals surface area contributed by atoms with Gasteiger partial charge in [0, 0.05) is 5.56 Å². The third kappa shape index (κ3) is 3.44. The van der Waals surface area contributed by atoms with Crippen molar-refractivity contribution in [2.45, 2.75) is 19.8 Å². The number of thiazole rings is 1. The molecule has 6 heteroatoms. The van der Waals surface area contributed by atoms with Gasteiger partial charge in [-0.3, -0.25) is 10.1 Å². The zero-order valence-electron chi connectivity index (χ0n) is 10.6. The second kappa shape index (κ2) is 6.33. The van der Waals surface area contributed by atoms with Crippen molar-refractivity contribution in [3.8, 4) is 0 Å². The molecule has 0 fully saturated rings. The molecule has 0 saturated carbocycles. The number of carbonyl (C=O) groups excluding carboxylic acids is 1. The maximum Gasteiger partial charge on any atom is 0.257 e. The Kier molecular flexibility index (Phi) is 4.76. The molecule has 1 amide bonds. The molecule has 1 aromatic heterocycles. The fraction of sp³-hybridized carbons (Fsp3) is 0.231. The van der Waals surface area contributed by atoms with Crippen molar-refractivity contribution < 1.29 is 4.79 Å². The van der Waals surface area contributed by atoms with Gasteiger partial charge in [0.05, 0.1) is 29.1 Å². The molecule has 2 rings (SSSR count). The van der Waals surface area contributed by atoms with Gasteiger partial charge in [0.2, 0.25) is 0 Å². The molecule has 2 aromatic rings. The first-order chi connectivity index (χ1) is 9.11. The Hall–Kier alpha value is -1.15. The third-order valence-corrected chi connectivity index (χ3v) is 4.42. The van der Waals surface area contributed by atoms with E-state index in [1.165, 1.54) is 11.3 Å². The molecule has 0 bridgehead atoms. The van der Waals surface area contributed by atoms with E-state index in [2.05, 4.69) is 27.7 Å². The van der Waals surface area contributed by atoms with Gasteiger partial charge < -0.3 is 3.53 Å². The highest BCUT2D eigenvalue weighted by molar-refractivity contribution is 14.1. The zero-order valence-corrected chi connectivity index (χ0v) is 13.6. The summed E-state index contributed by atoms with van der Waals surface area (Å²) in [7, 11) is 0. The molecule has 0 spiro atoms. The average Bonchev–Trinajstić information content (AvgIpc) is 2.86. The van der Waals surface area contributed by atoms with E-state index in [1.54, 1.807) is 6.20 Å². The van der Waals surface area contributed by atoms with Crippen molar-refractivity contribution in [1.29, 1.82) is 0 Å². The lowest BCUT2D eigenvalue weighted by Crippen LogP contribution is -2.14. The van der Waals surface area contributed by atoms with Crippen LogP contribution in [-0.2, 0) is 0 Å². The van der Waals surface area contributed by atoms with Crippen LogP contribution in [0.15, 0.2) is 30.5 Å². The Morgan fingerprint density at radius 3 is 2.74 bits per heavy atom. The Balaban J connectivity index is 2.20. The summed E-state index contributed by atoms with van der Waals surface area (Å²) in [4.78, 5) is 16.4. The van der Waals surface area contributed by atoms with Crippen LogP contribution in [0.3, 0.4) is 0 Å². The van der Waals surface area contributed by atoms with Crippen LogP contribution in [0, 0.1) is 0 Å². The van der Waals surface area contributed by atoms with E-state index in [1.807, 2.05) is 47.1 Å². The average molecular weight is 387 g/mol. The van der Waals surface area contributed by atoms with Gasteiger partial charge in [-0.15, -0.1) is 0 Å². The van der Waals surface area contributed by atoms with Crippen LogP contribution in [0.1, 0.15) is 35.7 Å². The van der Waals surface area contributed by atoms with Crippen molar-refractivity contribution in [2.75, 3.05) is 8.85 Å². The van der Waals surface area contributed by atoms with Crippen LogP contribution in [-0.4, -0.2) is 10.9 Å². The minimum atomic E-state index is -0.112. The van der Waals surface area contributed by atoms with Crippen molar-refractivity contribution in [2.24, 2.45) is 0 Å². The van der Waals surface area contributed by atoms with Gasteiger partial charge >= 0.3 is 0 Å². The van der Waals surface area contributed by atoms with Crippen LogP contribution in [0.5, 0.6) is 0 Å². The van der Waals surface area contributed by atoms with E-state index in [0.717, 1.165) is 10.6 Å². The van der Waals surface area contributed by atoms with Gasteiger partial charge in [-0.25, -0.2) is 4.98 Å². The normalized spacial score (nSPS) is 10.5. The molecule has 19 heavy (non-hydrogen) atoms. The Bertz CT molecular complexity index is 583. The quantitative estimate of drug-likeness (QED) is 0.608. The summed E-state index contributed by atoms with van der Waals surface area (Å²) in [6, 6.07) is 7.66. The summed E-state index contributed by atoms with van der Waals surface area (Å²) >= 11 is 3.44. The second-order valence-electron chi connectivity index (χ2n) is 4.32. The first-order valence-electron chi connectivity index (χ1n) is 5.84. The summed E-state index contributed by atoms with van der Waals surface area (Å²) in [6.45, 7) is 4.15. The van der Waals surface area contributed by atoms with Crippen molar-refractivity contribution in [1.82, 2.24) is 4.98 Å². The summed E-state index contributed by atoms with van der Waals surface area (Å²) in [5.41, 5.74) is 1.75. The van der Waals surface area contributed by atoms with Crippen molar-refractivity contribution >= 4 is 50.2 Å². The molecule has 1 heterocycles. The summed E-state index contributed by atoms with van der Waals surface area (Å²) in [5.74, 6) is 0.198. The summed E-state index contributed by atoms with van der Waals surface area (Å²) in [6.07, 6.45) is 1.70. The predicted molar refractivity (Wildman–Crippen MR) is 88.2 cm³/mol. The second-order valence-corrected chi connectivity index (χ2v) is 5.89. The molecular formula is C13H14IN3OS. The maximum absolute atomic E-state index is 12.3. The number of benzene rings is 1. The molecule has 0 saturated heterocycles. The molecule has 2 N–H and O–H groups in total. The largest absolute Gasteiger partial charge is 0.319 e. The summed E-state index contributed by atoms with van der Waals surface area (Å²) < 4.78 is 2.96. The van der Waals surface area contributed by atoms with Gasteiger partial charge in [0.15, 0.2) is 5.13 Å². The van der Waals surface area contributed by atoms with E-state index in [9.17, 15) is 4.79 Å². The Morgan fingerprint density at radius 1 is 1.37 bits per heavy atom. The lowest BCUT2D eigenvalue weighted by Gasteiger charge is -2.11. The number of anilines is 2. The first kappa shape index (κ1) is 14.3. The maximum atomic E-state index is 12.3. The third-order valence-electron chi connectivity index (χ3n) is 2.65. The first-order valence-corrected chi connectivity index (χ1v) is 7.74. The molecule has 1 aromatic carbocycles. The number of hydrogen-bond acceptors (Lipinski definition) is 4. The highest BCUT2D eigenvalue weighted by Crippen LogP contribution is 2.26. The number of rotatable bonds is 4. The molecule has 0 aliphatic heterocycles. The number of halogens is 1. The minimum absolute atomic E-state index is 0.112. The molecular weight excluding hydrogens is 373 g/mol. The van der Waals surface area contributed by atoms with Gasteiger partial charge in [-0.1, -0.05) is 43.4 Å². The number of amides is 1. The minimum Gasteiger partial charge on any atom is -0.319 e. The predicted octanol–water partition coefficient (Wildman–Crippen LogP) is 4.28. The fourth-order valence-electron chi connectivity index (χ4n) is 1.75. The van der Waals surface area contributed by atoms with E-state index in [4.69, 9.17) is 0 Å². The van der Waals surface area contributed by atoms with Gasteiger partial charge in [0.1, 0.15) is 5.00 Å². The number of aromatic nitrogens is 1. The standard InChI is InChI=1S/C13H14IN3OS/c1-8(2)9-5-3-4-6-10(9)12(18)16-13-15-7-11(17-14)19-13/h3-8,17H,1-2H3,(H,15,16,18). The van der Waals surface area contributed by atoms with Crippen LogP contribution < -0.4 is 8.85 Å². The lowest BCUT2D eigenvalue weighted by atomic mass is 9.97. The number of carbonyl (C=O) groups is 1. The Morgan fingerprint density at radius 2 is 2.11 bits per heavy atom. The van der Waals surface area contributed by atoms with E-state index in [0.29, 0.717) is 16.6 Å². The molecule has 0 aliphatic carbocycles. The summed E-state index contributed by atoms with van der Waals surface area (Å²) in [5, 5.41) is 4.34. The molecule has 4 nitrogen and oxygen atoms in total. The highest BCUT2D eigenvalue weighted by atomic mass is 127. The zero-order chi connectivity index (χ0) is 13.8. The Labute approximate surface area is 130 Å². The van der Waals surface area contributed by atoms with Gasteiger partial charge in [-0.2, -0.15) is 0 Å². The van der Waals surface area contributed by atoms with E-state index in [-0.39, 0.29) is 5.91 Å². The molecule has 100 valence electrons. The van der Waals surface area contributed by atoms with E-state index < -0.39 is 0 Å². The smallest absolute Gasteiger partial charge is 0.257 e. The van der Waals surface area contributed by atoms with Crippen molar-refractivity contribution in [3.63, 3.8) is 0 Å². The number of nitrogens with one attached hydrogen (secondary N) is 2.